The lowest BCUT2D eigenvalue weighted by molar-refractivity contribution is 0.0655. The highest BCUT2D eigenvalue weighted by Gasteiger charge is 2.24. The van der Waals surface area contributed by atoms with E-state index in [9.17, 15) is 9.90 Å². The molecule has 2 rings (SSSR count). The Labute approximate surface area is 107 Å². The van der Waals surface area contributed by atoms with Crippen molar-refractivity contribution in [2.75, 3.05) is 0 Å². The number of aliphatic hydroxyl groups excluding tert-OH is 1. The first-order valence-electron chi connectivity index (χ1n) is 5.12. The Balaban J connectivity index is 2.41. The molecule has 0 aliphatic heterocycles. The first-order valence-corrected chi connectivity index (χ1v) is 5.49. The zero-order valence-electron chi connectivity index (χ0n) is 9.72. The fourth-order valence-corrected chi connectivity index (χ4v) is 1.99. The molecule has 1 atom stereocenters. The largest absolute Gasteiger partial charge is 0.475 e. The number of aromatic nitrogens is 2. The highest BCUT2D eigenvalue weighted by Crippen LogP contribution is 2.31. The minimum absolute atomic E-state index is 0.116. The Morgan fingerprint density at radius 2 is 2.22 bits per heavy atom. The van der Waals surface area contributed by atoms with Crippen LogP contribution in [0.25, 0.3) is 0 Å². The van der Waals surface area contributed by atoms with Gasteiger partial charge < -0.3 is 14.6 Å². The van der Waals surface area contributed by atoms with Crippen molar-refractivity contribution in [3.05, 3.63) is 40.1 Å². The number of aryl methyl sites for hydroxylation is 2. The molecular weight excluding hydrogens is 260 g/mol. The Bertz CT molecular complexity index is 602. The number of nitrogens with zero attached hydrogens (tertiary/aromatic N) is 2. The van der Waals surface area contributed by atoms with E-state index in [4.69, 9.17) is 21.1 Å². The molecule has 0 aromatic carbocycles. The average molecular weight is 271 g/mol. The van der Waals surface area contributed by atoms with Crippen LogP contribution in [-0.4, -0.2) is 26.0 Å². The molecule has 1 unspecified atom stereocenters. The summed E-state index contributed by atoms with van der Waals surface area (Å²) in [5.74, 6) is -1.31. The number of carboxylic acids is 1. The molecular formula is C11H11ClN2O4. The Hall–Kier alpha value is -1.79. The molecule has 0 saturated carbocycles. The number of carbonyl (C=O) groups is 1. The molecule has 18 heavy (non-hydrogen) atoms. The van der Waals surface area contributed by atoms with Crippen molar-refractivity contribution in [1.82, 2.24) is 9.78 Å². The number of aliphatic hydroxyl groups is 1. The monoisotopic (exact) mass is 270 g/mol. The minimum Gasteiger partial charge on any atom is -0.475 e. The maximum atomic E-state index is 10.7. The second kappa shape index (κ2) is 4.47. The zero-order valence-corrected chi connectivity index (χ0v) is 10.5. The van der Waals surface area contributed by atoms with Crippen LogP contribution in [0.5, 0.6) is 0 Å². The van der Waals surface area contributed by atoms with Crippen LogP contribution in [0, 0.1) is 6.92 Å². The number of hydrogen-bond acceptors (Lipinski definition) is 4. The van der Waals surface area contributed by atoms with Crippen molar-refractivity contribution < 1.29 is 19.4 Å². The smallest absolute Gasteiger partial charge is 0.371 e. The third-order valence-electron chi connectivity index (χ3n) is 2.58. The van der Waals surface area contributed by atoms with Gasteiger partial charge in [-0.1, -0.05) is 11.6 Å². The van der Waals surface area contributed by atoms with Crippen LogP contribution in [0.4, 0.5) is 0 Å². The van der Waals surface area contributed by atoms with Gasteiger partial charge in [-0.25, -0.2) is 4.79 Å². The topological polar surface area (TPSA) is 88.5 Å². The van der Waals surface area contributed by atoms with Gasteiger partial charge in [0, 0.05) is 12.6 Å². The average Bonchev–Trinajstić information content (AvgIpc) is 2.85. The van der Waals surface area contributed by atoms with Crippen LogP contribution in [0.1, 0.15) is 33.7 Å². The molecule has 6 nitrogen and oxygen atoms in total. The lowest BCUT2D eigenvalue weighted by atomic mass is 10.1. The Morgan fingerprint density at radius 1 is 1.56 bits per heavy atom. The molecule has 2 aromatic heterocycles. The normalized spacial score (nSPS) is 12.7. The third kappa shape index (κ3) is 2.00. The lowest BCUT2D eigenvalue weighted by Crippen LogP contribution is -2.00. The summed E-state index contributed by atoms with van der Waals surface area (Å²) >= 11 is 6.01. The van der Waals surface area contributed by atoms with Crippen molar-refractivity contribution in [2.24, 2.45) is 7.05 Å². The van der Waals surface area contributed by atoms with Gasteiger partial charge >= 0.3 is 5.97 Å². The summed E-state index contributed by atoms with van der Waals surface area (Å²) in [5.41, 5.74) is 0.966. The maximum Gasteiger partial charge on any atom is 0.371 e. The number of halogens is 1. The van der Waals surface area contributed by atoms with E-state index in [-0.39, 0.29) is 16.7 Å². The van der Waals surface area contributed by atoms with E-state index in [0.29, 0.717) is 11.3 Å². The van der Waals surface area contributed by atoms with Crippen LogP contribution >= 0.6 is 11.6 Å². The Morgan fingerprint density at radius 3 is 2.67 bits per heavy atom. The van der Waals surface area contributed by atoms with Gasteiger partial charge in [0.25, 0.3) is 0 Å². The van der Waals surface area contributed by atoms with E-state index in [1.165, 1.54) is 16.8 Å². The number of hydrogen-bond donors (Lipinski definition) is 2. The predicted octanol–water partition coefficient (Wildman–Crippen LogP) is 1.75. The molecule has 0 bridgehead atoms. The van der Waals surface area contributed by atoms with Gasteiger partial charge in [-0.2, -0.15) is 5.10 Å². The van der Waals surface area contributed by atoms with Gasteiger partial charge in [0.1, 0.15) is 17.0 Å². The molecule has 0 amide bonds. The van der Waals surface area contributed by atoms with Gasteiger partial charge in [0.05, 0.1) is 5.69 Å². The second-order valence-electron chi connectivity index (χ2n) is 3.82. The second-order valence-corrected chi connectivity index (χ2v) is 4.18. The first-order chi connectivity index (χ1) is 8.41. The molecule has 0 radical (unpaired) electrons. The van der Waals surface area contributed by atoms with E-state index in [2.05, 4.69) is 5.10 Å². The number of furan rings is 1. The van der Waals surface area contributed by atoms with Gasteiger partial charge in [0.15, 0.2) is 0 Å². The molecule has 0 fully saturated rings. The fourth-order valence-electron chi connectivity index (χ4n) is 1.71. The maximum absolute atomic E-state index is 10.7. The number of carboxylic acid groups (broad SMARTS) is 1. The third-order valence-corrected chi connectivity index (χ3v) is 3.02. The fraction of sp³-hybridized carbons (Fsp3) is 0.273. The Kier molecular flexibility index (Phi) is 3.14. The SMILES string of the molecule is Cc1nn(C)c(Cl)c1C(O)c1ccc(C(=O)O)o1. The quantitative estimate of drug-likeness (QED) is 0.887. The summed E-state index contributed by atoms with van der Waals surface area (Å²) in [6.45, 7) is 1.70. The lowest BCUT2D eigenvalue weighted by Gasteiger charge is -2.07. The van der Waals surface area contributed by atoms with Crippen molar-refractivity contribution >= 4 is 17.6 Å². The highest BCUT2D eigenvalue weighted by atomic mass is 35.5. The predicted molar refractivity (Wildman–Crippen MR) is 62.7 cm³/mol. The molecule has 2 heterocycles. The zero-order chi connectivity index (χ0) is 13.4. The van der Waals surface area contributed by atoms with Crippen molar-refractivity contribution in [2.45, 2.75) is 13.0 Å². The summed E-state index contributed by atoms with van der Waals surface area (Å²) in [7, 11) is 1.65. The molecule has 2 N–H and O–H groups in total. The number of aromatic carboxylic acids is 1. The summed E-state index contributed by atoms with van der Waals surface area (Å²) in [6.07, 6.45) is -1.14. The molecule has 0 aliphatic carbocycles. The molecule has 7 heteroatoms. The molecule has 0 aliphatic rings. The summed E-state index contributed by atoms with van der Waals surface area (Å²) in [6, 6.07) is 2.68. The van der Waals surface area contributed by atoms with E-state index >= 15 is 0 Å². The van der Waals surface area contributed by atoms with E-state index in [0.717, 1.165) is 0 Å². The number of rotatable bonds is 3. The summed E-state index contributed by atoms with van der Waals surface area (Å²) < 4.78 is 6.46. The van der Waals surface area contributed by atoms with E-state index in [1.54, 1.807) is 14.0 Å². The van der Waals surface area contributed by atoms with Crippen LogP contribution in [-0.2, 0) is 7.05 Å². The molecule has 0 spiro atoms. The van der Waals surface area contributed by atoms with E-state index < -0.39 is 12.1 Å². The van der Waals surface area contributed by atoms with Gasteiger partial charge in [-0.05, 0) is 19.1 Å². The molecule has 0 saturated heterocycles. The molecule has 2 aromatic rings. The van der Waals surface area contributed by atoms with Crippen LogP contribution in [0.3, 0.4) is 0 Å². The highest BCUT2D eigenvalue weighted by molar-refractivity contribution is 6.30. The van der Waals surface area contributed by atoms with Crippen LogP contribution < -0.4 is 0 Å². The van der Waals surface area contributed by atoms with Gasteiger partial charge in [0.2, 0.25) is 5.76 Å². The minimum atomic E-state index is -1.19. The van der Waals surface area contributed by atoms with E-state index in [1.807, 2.05) is 0 Å². The summed E-state index contributed by atoms with van der Waals surface area (Å²) in [5, 5.41) is 23.2. The summed E-state index contributed by atoms with van der Waals surface area (Å²) in [4.78, 5) is 10.7. The van der Waals surface area contributed by atoms with Crippen molar-refractivity contribution in [3.8, 4) is 0 Å². The standard InChI is InChI=1S/C11H11ClN2O4/c1-5-8(10(12)14(2)13-5)9(15)6-3-4-7(18-6)11(16)17/h3-4,9,15H,1-2H3,(H,16,17). The van der Waals surface area contributed by atoms with Crippen LogP contribution in [0.15, 0.2) is 16.5 Å². The first kappa shape index (κ1) is 12.7. The van der Waals surface area contributed by atoms with Crippen molar-refractivity contribution in [1.29, 1.82) is 0 Å². The van der Waals surface area contributed by atoms with Crippen LogP contribution in [0.2, 0.25) is 5.15 Å². The van der Waals surface area contributed by atoms with Crippen molar-refractivity contribution in [3.63, 3.8) is 0 Å². The van der Waals surface area contributed by atoms with Gasteiger partial charge in [-0.3, -0.25) is 4.68 Å². The molecule has 96 valence electrons. The van der Waals surface area contributed by atoms with Gasteiger partial charge in [-0.15, -0.1) is 0 Å².